The first-order chi connectivity index (χ1) is 9.36. The Hall–Kier alpha value is -0.860. The summed E-state index contributed by atoms with van der Waals surface area (Å²) in [5.41, 5.74) is 5.96. The quantitative estimate of drug-likeness (QED) is 0.799. The first kappa shape index (κ1) is 15.5. The molecule has 0 aliphatic carbocycles. The van der Waals surface area contributed by atoms with Crippen molar-refractivity contribution in [3.63, 3.8) is 0 Å². The molecular weight excluding hydrogens is 304 g/mol. The van der Waals surface area contributed by atoms with E-state index in [0.29, 0.717) is 5.69 Å². The van der Waals surface area contributed by atoms with E-state index >= 15 is 0 Å². The van der Waals surface area contributed by atoms with Gasteiger partial charge in [0.15, 0.2) is 0 Å². The highest BCUT2D eigenvalue weighted by Gasteiger charge is 2.36. The number of nitrogen functional groups attached to an aromatic ring is 1. The molecule has 0 radical (unpaired) electrons. The van der Waals surface area contributed by atoms with Crippen molar-refractivity contribution in [3.05, 3.63) is 23.2 Å². The van der Waals surface area contributed by atoms with E-state index in [1.165, 1.54) is 16.4 Å². The highest BCUT2D eigenvalue weighted by molar-refractivity contribution is 7.89. The van der Waals surface area contributed by atoms with Crippen molar-refractivity contribution >= 4 is 27.3 Å². The summed E-state index contributed by atoms with van der Waals surface area (Å²) in [6.45, 7) is 1.82. The van der Waals surface area contributed by atoms with Gasteiger partial charge in [-0.1, -0.05) is 11.6 Å². The molecule has 0 spiro atoms. The Morgan fingerprint density at radius 2 is 2.25 bits per heavy atom. The van der Waals surface area contributed by atoms with Gasteiger partial charge in [-0.05, 0) is 25.1 Å². The minimum absolute atomic E-state index is 0.0235. The molecule has 0 aromatic heterocycles. The lowest BCUT2D eigenvalue weighted by Gasteiger charge is -2.36. The molecule has 20 heavy (non-hydrogen) atoms. The number of ether oxygens (including phenoxy) is 1. The number of halogens is 1. The van der Waals surface area contributed by atoms with Gasteiger partial charge < -0.3 is 15.6 Å². The van der Waals surface area contributed by atoms with Gasteiger partial charge in [-0.15, -0.1) is 0 Å². The molecular formula is C12H17ClN2O4S. The number of nitrogens with two attached hydrogens (primary N) is 1. The van der Waals surface area contributed by atoms with Crippen LogP contribution in [0, 0.1) is 0 Å². The zero-order valence-electron chi connectivity index (χ0n) is 11.0. The van der Waals surface area contributed by atoms with Gasteiger partial charge >= 0.3 is 0 Å². The molecule has 2 atom stereocenters. The third-order valence-electron chi connectivity index (χ3n) is 3.19. The minimum Gasteiger partial charge on any atom is -0.399 e. The Morgan fingerprint density at radius 1 is 1.55 bits per heavy atom. The molecule has 2 unspecified atom stereocenters. The average Bonchev–Trinajstić information content (AvgIpc) is 2.41. The molecule has 0 amide bonds. The fourth-order valence-corrected chi connectivity index (χ4v) is 4.24. The van der Waals surface area contributed by atoms with Crippen LogP contribution in [0.5, 0.6) is 0 Å². The molecule has 112 valence electrons. The molecule has 0 saturated carbocycles. The highest BCUT2D eigenvalue weighted by atomic mass is 35.5. The molecule has 1 fully saturated rings. The summed E-state index contributed by atoms with van der Waals surface area (Å²) >= 11 is 5.98. The second-order valence-electron chi connectivity index (χ2n) is 4.75. The van der Waals surface area contributed by atoms with Gasteiger partial charge in [0.2, 0.25) is 10.0 Å². The molecule has 3 N–H and O–H groups in total. The fourth-order valence-electron chi connectivity index (χ4n) is 2.08. The standard InChI is InChI=1S/C12H17ClN2O4S/c1-8-7-19-10(6-16)5-15(8)20(17,18)12-4-9(14)2-3-11(12)13/h2-4,8,10,16H,5-7,14H2,1H3. The normalized spacial score (nSPS) is 24.8. The number of sulfonamides is 1. The van der Waals surface area contributed by atoms with Gasteiger partial charge in [0, 0.05) is 18.3 Å². The molecule has 1 aliphatic rings. The SMILES string of the molecule is CC1COC(CO)CN1S(=O)(=O)c1cc(N)ccc1Cl. The van der Waals surface area contributed by atoms with Gasteiger partial charge in [-0.2, -0.15) is 4.31 Å². The average molecular weight is 321 g/mol. The predicted molar refractivity (Wildman–Crippen MR) is 76.0 cm³/mol. The van der Waals surface area contributed by atoms with Crippen LogP contribution in [0.1, 0.15) is 6.92 Å². The zero-order chi connectivity index (χ0) is 14.9. The second-order valence-corrected chi connectivity index (χ2v) is 7.02. The molecule has 1 aliphatic heterocycles. The number of hydrogen-bond donors (Lipinski definition) is 2. The smallest absolute Gasteiger partial charge is 0.245 e. The number of aliphatic hydroxyl groups excluding tert-OH is 1. The number of hydrogen-bond acceptors (Lipinski definition) is 5. The van der Waals surface area contributed by atoms with Crippen LogP contribution >= 0.6 is 11.6 Å². The molecule has 0 bridgehead atoms. The van der Waals surface area contributed by atoms with E-state index in [2.05, 4.69) is 0 Å². The second kappa shape index (κ2) is 5.87. The third kappa shape index (κ3) is 2.91. The predicted octanol–water partition coefficient (Wildman–Crippen LogP) is 0.693. The van der Waals surface area contributed by atoms with Crippen LogP contribution in [0.4, 0.5) is 5.69 Å². The number of rotatable bonds is 3. The van der Waals surface area contributed by atoms with E-state index in [1.54, 1.807) is 13.0 Å². The first-order valence-electron chi connectivity index (χ1n) is 6.15. The Bertz CT molecular complexity index is 593. The Balaban J connectivity index is 2.40. The maximum absolute atomic E-state index is 12.7. The van der Waals surface area contributed by atoms with Crippen LogP contribution in [0.25, 0.3) is 0 Å². The van der Waals surface area contributed by atoms with Gasteiger partial charge in [0.05, 0.1) is 24.3 Å². The van der Waals surface area contributed by atoms with Crippen molar-refractivity contribution in [2.45, 2.75) is 24.0 Å². The summed E-state index contributed by atoms with van der Waals surface area (Å²) in [6.07, 6.45) is -0.527. The van der Waals surface area contributed by atoms with Gasteiger partial charge in [0.1, 0.15) is 4.90 Å². The van der Waals surface area contributed by atoms with Crippen LogP contribution in [-0.2, 0) is 14.8 Å². The Labute approximate surface area is 123 Å². The molecule has 1 aromatic rings. The van der Waals surface area contributed by atoms with E-state index < -0.39 is 16.1 Å². The van der Waals surface area contributed by atoms with Crippen LogP contribution in [0.15, 0.2) is 23.1 Å². The number of benzene rings is 1. The summed E-state index contributed by atoms with van der Waals surface area (Å²) < 4.78 is 32.0. The maximum Gasteiger partial charge on any atom is 0.245 e. The van der Waals surface area contributed by atoms with Crippen molar-refractivity contribution in [2.75, 3.05) is 25.5 Å². The number of anilines is 1. The van der Waals surface area contributed by atoms with Crippen LogP contribution in [-0.4, -0.2) is 49.7 Å². The van der Waals surface area contributed by atoms with Crippen LogP contribution in [0.2, 0.25) is 5.02 Å². The fraction of sp³-hybridized carbons (Fsp3) is 0.500. The van der Waals surface area contributed by atoms with Gasteiger partial charge in [-0.3, -0.25) is 0 Å². The minimum atomic E-state index is -3.78. The Kier molecular flexibility index (Phi) is 4.55. The van der Waals surface area contributed by atoms with E-state index in [4.69, 9.17) is 27.2 Å². The molecule has 2 rings (SSSR count). The summed E-state index contributed by atoms with van der Waals surface area (Å²) in [5.74, 6) is 0. The summed E-state index contributed by atoms with van der Waals surface area (Å²) in [7, 11) is -3.78. The lowest BCUT2D eigenvalue weighted by molar-refractivity contribution is -0.0516. The third-order valence-corrected chi connectivity index (χ3v) is 5.66. The lowest BCUT2D eigenvalue weighted by Crippen LogP contribution is -2.51. The van der Waals surface area contributed by atoms with Crippen molar-refractivity contribution in [3.8, 4) is 0 Å². The number of nitrogens with zero attached hydrogens (tertiary/aromatic N) is 1. The van der Waals surface area contributed by atoms with E-state index in [0.717, 1.165) is 0 Å². The van der Waals surface area contributed by atoms with E-state index in [1.807, 2.05) is 0 Å². The van der Waals surface area contributed by atoms with Crippen molar-refractivity contribution in [2.24, 2.45) is 0 Å². The zero-order valence-corrected chi connectivity index (χ0v) is 12.6. The van der Waals surface area contributed by atoms with Crippen molar-refractivity contribution in [1.82, 2.24) is 4.31 Å². The number of morpholine rings is 1. The molecule has 8 heteroatoms. The maximum atomic E-state index is 12.7. The topological polar surface area (TPSA) is 92.9 Å². The lowest BCUT2D eigenvalue weighted by atomic mass is 10.2. The summed E-state index contributed by atoms with van der Waals surface area (Å²) in [5, 5.41) is 9.26. The number of aliphatic hydroxyl groups is 1. The molecule has 1 saturated heterocycles. The summed E-state index contributed by atoms with van der Waals surface area (Å²) in [4.78, 5) is -0.0235. The van der Waals surface area contributed by atoms with Gasteiger partial charge in [0.25, 0.3) is 0 Å². The molecule has 1 aromatic carbocycles. The largest absolute Gasteiger partial charge is 0.399 e. The molecule has 6 nitrogen and oxygen atoms in total. The van der Waals surface area contributed by atoms with Crippen molar-refractivity contribution in [1.29, 1.82) is 0 Å². The van der Waals surface area contributed by atoms with E-state index in [9.17, 15) is 8.42 Å². The highest BCUT2D eigenvalue weighted by Crippen LogP contribution is 2.29. The van der Waals surface area contributed by atoms with Crippen molar-refractivity contribution < 1.29 is 18.3 Å². The van der Waals surface area contributed by atoms with Crippen LogP contribution in [0.3, 0.4) is 0 Å². The first-order valence-corrected chi connectivity index (χ1v) is 7.97. The monoisotopic (exact) mass is 320 g/mol. The Morgan fingerprint density at radius 3 is 2.90 bits per heavy atom. The summed E-state index contributed by atoms with van der Waals surface area (Å²) in [6, 6.07) is 4.01. The van der Waals surface area contributed by atoms with Gasteiger partial charge in [-0.25, -0.2) is 8.42 Å². The van der Waals surface area contributed by atoms with Crippen LogP contribution < -0.4 is 5.73 Å². The molecule has 1 heterocycles. The van der Waals surface area contributed by atoms with E-state index in [-0.39, 0.29) is 35.7 Å².